The van der Waals surface area contributed by atoms with Gasteiger partial charge < -0.3 is 20.1 Å². The highest BCUT2D eigenvalue weighted by Gasteiger charge is 2.14. The van der Waals surface area contributed by atoms with E-state index in [1.54, 1.807) is 0 Å². The standard InChI is InChI=1S/C20H33N3O2.HI/c1-2-21-20(23-17-19-11-8-15-25-19)22-13-6-7-14-24-16-12-18-9-4-3-5-10-18;/h3-5,9-10,19H,2,6-8,11-17H2,1H3,(H2,21,22,23);1H. The molecule has 148 valence electrons. The molecule has 0 aromatic heterocycles. The van der Waals surface area contributed by atoms with Gasteiger partial charge >= 0.3 is 0 Å². The van der Waals surface area contributed by atoms with E-state index in [9.17, 15) is 0 Å². The summed E-state index contributed by atoms with van der Waals surface area (Å²) >= 11 is 0. The number of halogens is 1. The van der Waals surface area contributed by atoms with Gasteiger partial charge in [-0.05, 0) is 44.6 Å². The molecule has 1 fully saturated rings. The van der Waals surface area contributed by atoms with Crippen molar-refractivity contribution < 1.29 is 9.47 Å². The number of nitrogens with one attached hydrogen (secondary N) is 2. The first-order valence-electron chi connectivity index (χ1n) is 9.64. The Bertz CT molecular complexity index is 479. The fourth-order valence-electron chi connectivity index (χ4n) is 2.80. The molecule has 0 radical (unpaired) electrons. The third kappa shape index (κ3) is 10.3. The lowest BCUT2D eigenvalue weighted by molar-refractivity contribution is 0.117. The summed E-state index contributed by atoms with van der Waals surface area (Å²) in [6.45, 7) is 7.12. The minimum atomic E-state index is 0. The van der Waals surface area contributed by atoms with Crippen LogP contribution in [0.25, 0.3) is 0 Å². The molecule has 2 rings (SSSR count). The molecule has 0 bridgehead atoms. The zero-order valence-electron chi connectivity index (χ0n) is 15.9. The number of rotatable bonds is 11. The summed E-state index contributed by atoms with van der Waals surface area (Å²) in [4.78, 5) is 4.61. The van der Waals surface area contributed by atoms with Crippen molar-refractivity contribution in [2.75, 3.05) is 39.5 Å². The monoisotopic (exact) mass is 475 g/mol. The first kappa shape index (κ1) is 23.2. The third-order valence-electron chi connectivity index (χ3n) is 4.21. The smallest absolute Gasteiger partial charge is 0.191 e. The zero-order chi connectivity index (χ0) is 17.6. The van der Waals surface area contributed by atoms with Gasteiger partial charge in [-0.15, -0.1) is 24.0 Å². The van der Waals surface area contributed by atoms with Crippen LogP contribution in [0.4, 0.5) is 0 Å². The van der Waals surface area contributed by atoms with E-state index in [-0.39, 0.29) is 24.0 Å². The van der Waals surface area contributed by atoms with Gasteiger partial charge in [-0.1, -0.05) is 30.3 Å². The van der Waals surface area contributed by atoms with E-state index in [0.717, 1.165) is 77.5 Å². The fourth-order valence-corrected chi connectivity index (χ4v) is 2.80. The van der Waals surface area contributed by atoms with Gasteiger partial charge in [0, 0.05) is 26.3 Å². The number of hydrogen-bond acceptors (Lipinski definition) is 3. The van der Waals surface area contributed by atoms with E-state index in [4.69, 9.17) is 9.47 Å². The van der Waals surface area contributed by atoms with Crippen LogP contribution in [0.3, 0.4) is 0 Å². The van der Waals surface area contributed by atoms with Gasteiger partial charge in [0.05, 0.1) is 19.3 Å². The van der Waals surface area contributed by atoms with Gasteiger partial charge in [-0.3, -0.25) is 4.99 Å². The van der Waals surface area contributed by atoms with Gasteiger partial charge in [0.25, 0.3) is 0 Å². The molecule has 5 nitrogen and oxygen atoms in total. The molecule has 1 atom stereocenters. The molecule has 1 aliphatic rings. The van der Waals surface area contributed by atoms with Crippen LogP contribution in [0.1, 0.15) is 38.2 Å². The molecule has 0 aliphatic carbocycles. The Balaban J connectivity index is 0.00000338. The number of benzene rings is 1. The van der Waals surface area contributed by atoms with E-state index in [0.29, 0.717) is 6.10 Å². The number of aliphatic imine (C=N–C) groups is 1. The molecule has 1 aromatic rings. The first-order chi connectivity index (χ1) is 12.4. The minimum Gasteiger partial charge on any atom is -0.381 e. The highest BCUT2D eigenvalue weighted by atomic mass is 127. The molecular formula is C20H34IN3O2. The quantitative estimate of drug-likeness (QED) is 0.223. The highest BCUT2D eigenvalue weighted by Crippen LogP contribution is 2.11. The van der Waals surface area contributed by atoms with Crippen LogP contribution in [-0.4, -0.2) is 51.5 Å². The average Bonchev–Trinajstić information content (AvgIpc) is 3.16. The summed E-state index contributed by atoms with van der Waals surface area (Å²) < 4.78 is 11.3. The van der Waals surface area contributed by atoms with Crippen molar-refractivity contribution in [2.24, 2.45) is 4.99 Å². The lowest BCUT2D eigenvalue weighted by Gasteiger charge is -2.13. The maximum Gasteiger partial charge on any atom is 0.191 e. The molecule has 1 aromatic carbocycles. The number of guanidine groups is 1. The van der Waals surface area contributed by atoms with Gasteiger partial charge in [0.15, 0.2) is 5.96 Å². The Kier molecular flexibility index (Phi) is 13.6. The minimum absolute atomic E-state index is 0. The molecule has 0 amide bonds. The van der Waals surface area contributed by atoms with Crippen LogP contribution in [0, 0.1) is 0 Å². The molecule has 6 heteroatoms. The summed E-state index contributed by atoms with van der Waals surface area (Å²) in [5, 5.41) is 6.68. The second-order valence-corrected chi connectivity index (χ2v) is 6.34. The van der Waals surface area contributed by atoms with Gasteiger partial charge in [0.1, 0.15) is 0 Å². The molecule has 2 N–H and O–H groups in total. The maximum atomic E-state index is 5.72. The second-order valence-electron chi connectivity index (χ2n) is 6.34. The number of nitrogens with zero attached hydrogens (tertiary/aromatic N) is 1. The summed E-state index contributed by atoms with van der Waals surface area (Å²) in [5.41, 5.74) is 1.34. The molecular weight excluding hydrogens is 441 g/mol. The van der Waals surface area contributed by atoms with Gasteiger partial charge in [-0.25, -0.2) is 0 Å². The van der Waals surface area contributed by atoms with Crippen molar-refractivity contribution in [1.29, 1.82) is 0 Å². The van der Waals surface area contributed by atoms with Crippen LogP contribution >= 0.6 is 24.0 Å². The summed E-state index contributed by atoms with van der Waals surface area (Å²) in [6, 6.07) is 10.5. The largest absolute Gasteiger partial charge is 0.381 e. The van der Waals surface area contributed by atoms with Crippen LogP contribution in [-0.2, 0) is 15.9 Å². The van der Waals surface area contributed by atoms with Crippen LogP contribution in [0.5, 0.6) is 0 Å². The van der Waals surface area contributed by atoms with Crippen molar-refractivity contribution in [3.05, 3.63) is 35.9 Å². The Hall–Kier alpha value is -0.860. The molecule has 1 saturated heterocycles. The van der Waals surface area contributed by atoms with Crippen LogP contribution < -0.4 is 10.6 Å². The van der Waals surface area contributed by atoms with Crippen LogP contribution in [0.15, 0.2) is 35.3 Å². The molecule has 26 heavy (non-hydrogen) atoms. The average molecular weight is 475 g/mol. The molecule has 0 saturated carbocycles. The fraction of sp³-hybridized carbons (Fsp3) is 0.650. The zero-order valence-corrected chi connectivity index (χ0v) is 18.2. The molecule has 1 unspecified atom stereocenters. The summed E-state index contributed by atoms with van der Waals surface area (Å²) in [6.07, 6.45) is 5.72. The summed E-state index contributed by atoms with van der Waals surface area (Å²) in [5.74, 6) is 0.892. The molecule has 1 aliphatic heterocycles. The molecule has 1 heterocycles. The number of ether oxygens (including phenoxy) is 2. The van der Waals surface area contributed by atoms with Crippen molar-refractivity contribution in [3.63, 3.8) is 0 Å². The van der Waals surface area contributed by atoms with Crippen molar-refractivity contribution >= 4 is 29.9 Å². The lowest BCUT2D eigenvalue weighted by Crippen LogP contribution is -2.38. The number of unbranched alkanes of at least 4 members (excludes halogenated alkanes) is 1. The third-order valence-corrected chi connectivity index (χ3v) is 4.21. The summed E-state index contributed by atoms with van der Waals surface area (Å²) in [7, 11) is 0. The Morgan fingerprint density at radius 2 is 2.04 bits per heavy atom. The SMILES string of the molecule is CCNC(=NCC1CCCO1)NCCCCOCCc1ccccc1.I. The maximum absolute atomic E-state index is 5.72. The first-order valence-corrected chi connectivity index (χ1v) is 9.64. The Labute approximate surface area is 175 Å². The van der Waals surface area contributed by atoms with Gasteiger partial charge in [-0.2, -0.15) is 0 Å². The van der Waals surface area contributed by atoms with Crippen molar-refractivity contribution in [3.8, 4) is 0 Å². The topological polar surface area (TPSA) is 54.9 Å². The van der Waals surface area contributed by atoms with Gasteiger partial charge in [0.2, 0.25) is 0 Å². The van der Waals surface area contributed by atoms with Crippen molar-refractivity contribution in [2.45, 2.75) is 45.1 Å². The Morgan fingerprint density at radius 3 is 2.77 bits per heavy atom. The predicted molar refractivity (Wildman–Crippen MR) is 119 cm³/mol. The van der Waals surface area contributed by atoms with Crippen molar-refractivity contribution in [1.82, 2.24) is 10.6 Å². The Morgan fingerprint density at radius 1 is 1.19 bits per heavy atom. The van der Waals surface area contributed by atoms with E-state index in [1.165, 1.54) is 5.56 Å². The van der Waals surface area contributed by atoms with E-state index in [2.05, 4.69) is 46.8 Å². The normalized spacial score (nSPS) is 17.0. The lowest BCUT2D eigenvalue weighted by atomic mass is 10.2. The van der Waals surface area contributed by atoms with Crippen LogP contribution in [0.2, 0.25) is 0 Å². The van der Waals surface area contributed by atoms with E-state index >= 15 is 0 Å². The molecule has 0 spiro atoms. The highest BCUT2D eigenvalue weighted by molar-refractivity contribution is 14.0. The van der Waals surface area contributed by atoms with E-state index in [1.807, 2.05) is 6.07 Å². The second kappa shape index (κ2) is 15.2. The predicted octanol–water partition coefficient (Wildman–Crippen LogP) is 3.38. The van der Waals surface area contributed by atoms with E-state index < -0.39 is 0 Å². The number of hydrogen-bond donors (Lipinski definition) is 2.